The van der Waals surface area contributed by atoms with E-state index in [2.05, 4.69) is 14.8 Å². The van der Waals surface area contributed by atoms with E-state index < -0.39 is 35.9 Å². The lowest BCUT2D eigenvalue weighted by Gasteiger charge is -2.20. The zero-order chi connectivity index (χ0) is 14.8. The fourth-order valence-corrected chi connectivity index (χ4v) is 1.19. The molecule has 1 aromatic heterocycles. The second-order valence-corrected chi connectivity index (χ2v) is 3.28. The van der Waals surface area contributed by atoms with Crippen LogP contribution in [0.25, 0.3) is 0 Å². The summed E-state index contributed by atoms with van der Waals surface area (Å²) < 4.78 is 78.4. The van der Waals surface area contributed by atoms with Crippen LogP contribution in [0.5, 0.6) is 0 Å². The number of aromatic nitrogens is 3. The number of hydrogen-bond acceptors (Lipinski definition) is 4. The Labute approximate surface area is 102 Å². The molecule has 11 heteroatoms. The first-order valence-electron chi connectivity index (χ1n) is 4.80. The Morgan fingerprint density at radius 3 is 2.21 bits per heavy atom. The molecule has 108 valence electrons. The Morgan fingerprint density at radius 2 is 1.79 bits per heavy atom. The van der Waals surface area contributed by atoms with Crippen LogP contribution in [-0.4, -0.2) is 40.1 Å². The van der Waals surface area contributed by atoms with Crippen molar-refractivity contribution in [2.75, 3.05) is 6.61 Å². The monoisotopic (exact) mass is 291 g/mol. The summed E-state index contributed by atoms with van der Waals surface area (Å²) in [7, 11) is 0. The number of H-pyrrole nitrogens is 1. The number of hydrogen-bond donors (Lipinski definition) is 1. The predicted octanol–water partition coefficient (Wildman–Crippen LogP) is 2.19. The van der Waals surface area contributed by atoms with Crippen LogP contribution in [0.1, 0.15) is 29.3 Å². The van der Waals surface area contributed by atoms with Gasteiger partial charge in [0.2, 0.25) is 5.92 Å². The topological polar surface area (TPSA) is 67.9 Å². The van der Waals surface area contributed by atoms with Crippen molar-refractivity contribution in [2.45, 2.75) is 25.2 Å². The normalized spacial score (nSPS) is 12.8. The number of halogens is 6. The number of esters is 1. The van der Waals surface area contributed by atoms with E-state index in [9.17, 15) is 31.1 Å². The maximum absolute atomic E-state index is 12.3. The first-order chi connectivity index (χ1) is 8.57. The van der Waals surface area contributed by atoms with Gasteiger partial charge in [0, 0.05) is 0 Å². The fraction of sp³-hybridized carbons (Fsp3) is 0.625. The van der Waals surface area contributed by atoms with E-state index in [-0.39, 0.29) is 6.61 Å². The van der Waals surface area contributed by atoms with E-state index in [1.807, 2.05) is 0 Å². The van der Waals surface area contributed by atoms with Gasteiger partial charge in [-0.25, -0.2) is 9.78 Å². The molecule has 0 fully saturated rings. The average molecular weight is 291 g/mol. The van der Waals surface area contributed by atoms with E-state index in [1.54, 1.807) is 0 Å². The molecule has 0 unspecified atom stereocenters. The fourth-order valence-electron chi connectivity index (χ4n) is 1.19. The Kier molecular flexibility index (Phi) is 4.06. The smallest absolute Gasteiger partial charge is 0.407 e. The van der Waals surface area contributed by atoms with Gasteiger partial charge in [-0.2, -0.15) is 26.3 Å². The molecule has 0 amide bonds. The molecule has 0 aliphatic carbocycles. The Balaban J connectivity index is 3.10. The SMILES string of the molecule is CCOC(=O)c1n[nH]c(C(C(F)(F)F)C(F)(F)F)n1. The van der Waals surface area contributed by atoms with Crippen LogP contribution in [-0.2, 0) is 4.74 Å². The van der Waals surface area contributed by atoms with Crippen LogP contribution < -0.4 is 0 Å². The quantitative estimate of drug-likeness (QED) is 0.684. The number of carbonyl (C=O) groups excluding carboxylic acids is 1. The van der Waals surface area contributed by atoms with Crippen molar-refractivity contribution in [1.29, 1.82) is 0 Å². The van der Waals surface area contributed by atoms with Crippen molar-refractivity contribution >= 4 is 5.97 Å². The van der Waals surface area contributed by atoms with Crippen molar-refractivity contribution in [3.05, 3.63) is 11.6 Å². The molecule has 0 saturated carbocycles. The van der Waals surface area contributed by atoms with E-state index >= 15 is 0 Å². The Hall–Kier alpha value is -1.81. The summed E-state index contributed by atoms with van der Waals surface area (Å²) in [4.78, 5) is 13.9. The molecule has 0 radical (unpaired) electrons. The van der Waals surface area contributed by atoms with Gasteiger partial charge >= 0.3 is 18.3 Å². The highest BCUT2D eigenvalue weighted by Gasteiger charge is 2.59. The second-order valence-electron chi connectivity index (χ2n) is 3.28. The van der Waals surface area contributed by atoms with Gasteiger partial charge in [-0.3, -0.25) is 5.10 Å². The van der Waals surface area contributed by atoms with Crippen LogP contribution in [0.4, 0.5) is 26.3 Å². The molecule has 0 aromatic carbocycles. The van der Waals surface area contributed by atoms with E-state index in [4.69, 9.17) is 0 Å². The third kappa shape index (κ3) is 3.58. The Morgan fingerprint density at radius 1 is 1.26 bits per heavy atom. The van der Waals surface area contributed by atoms with Crippen LogP contribution in [0, 0.1) is 0 Å². The lowest BCUT2D eigenvalue weighted by Crippen LogP contribution is -2.35. The maximum atomic E-state index is 12.3. The second kappa shape index (κ2) is 5.05. The van der Waals surface area contributed by atoms with E-state index in [0.29, 0.717) is 0 Å². The molecular formula is C8H7F6N3O2. The highest BCUT2D eigenvalue weighted by atomic mass is 19.4. The van der Waals surface area contributed by atoms with Crippen LogP contribution >= 0.6 is 0 Å². The molecule has 0 aliphatic rings. The minimum atomic E-state index is -5.61. The minimum absolute atomic E-state index is 0.120. The lowest BCUT2D eigenvalue weighted by atomic mass is 10.1. The van der Waals surface area contributed by atoms with Crippen molar-refractivity contribution in [3.63, 3.8) is 0 Å². The van der Waals surface area contributed by atoms with Gasteiger partial charge < -0.3 is 4.74 Å². The molecule has 0 atom stereocenters. The number of aromatic amines is 1. The number of rotatable bonds is 3. The Bertz CT molecular complexity index is 438. The summed E-state index contributed by atoms with van der Waals surface area (Å²) in [6, 6.07) is 0. The van der Waals surface area contributed by atoms with Gasteiger partial charge in [-0.1, -0.05) is 0 Å². The standard InChI is InChI=1S/C8H7F6N3O2/c1-2-19-6(18)5-15-4(16-17-5)3(7(9,10)11)8(12,13)14/h3H,2H2,1H3,(H,15,16,17). The molecule has 1 rings (SSSR count). The third-order valence-corrected chi connectivity index (χ3v) is 1.89. The predicted molar refractivity (Wildman–Crippen MR) is 47.2 cm³/mol. The molecular weight excluding hydrogens is 284 g/mol. The maximum Gasteiger partial charge on any atom is 0.407 e. The molecule has 0 bridgehead atoms. The number of nitrogens with zero attached hydrogens (tertiary/aromatic N) is 2. The van der Waals surface area contributed by atoms with E-state index in [0.717, 1.165) is 0 Å². The van der Waals surface area contributed by atoms with Crippen LogP contribution in [0.15, 0.2) is 0 Å². The number of nitrogens with one attached hydrogen (secondary N) is 1. The van der Waals surface area contributed by atoms with E-state index in [1.165, 1.54) is 12.0 Å². The van der Waals surface area contributed by atoms with Gasteiger partial charge in [0.25, 0.3) is 5.82 Å². The molecule has 0 aliphatic heterocycles. The van der Waals surface area contributed by atoms with Crippen LogP contribution in [0.2, 0.25) is 0 Å². The summed E-state index contributed by atoms with van der Waals surface area (Å²) in [6.45, 7) is 1.28. The highest BCUT2D eigenvalue weighted by molar-refractivity contribution is 5.84. The molecule has 1 N–H and O–H groups in total. The summed E-state index contributed by atoms with van der Waals surface area (Å²) in [5, 5.41) is 4.43. The minimum Gasteiger partial charge on any atom is -0.460 e. The van der Waals surface area contributed by atoms with Gasteiger partial charge in [-0.05, 0) is 6.92 Å². The van der Waals surface area contributed by atoms with Crippen LogP contribution in [0.3, 0.4) is 0 Å². The lowest BCUT2D eigenvalue weighted by molar-refractivity contribution is -0.255. The largest absolute Gasteiger partial charge is 0.460 e. The van der Waals surface area contributed by atoms with Crippen molar-refractivity contribution in [1.82, 2.24) is 15.2 Å². The first kappa shape index (κ1) is 15.2. The average Bonchev–Trinajstić information content (AvgIpc) is 2.62. The third-order valence-electron chi connectivity index (χ3n) is 1.89. The zero-order valence-corrected chi connectivity index (χ0v) is 9.26. The van der Waals surface area contributed by atoms with Gasteiger partial charge in [-0.15, -0.1) is 5.10 Å². The summed E-state index contributed by atoms with van der Waals surface area (Å²) in [5.41, 5.74) is 0. The number of ether oxygens (including phenoxy) is 1. The number of carbonyl (C=O) groups is 1. The molecule has 5 nitrogen and oxygen atoms in total. The summed E-state index contributed by atoms with van der Waals surface area (Å²) in [6.07, 6.45) is -11.2. The molecule has 1 aromatic rings. The molecule has 19 heavy (non-hydrogen) atoms. The summed E-state index contributed by atoms with van der Waals surface area (Å²) in [5.74, 6) is -7.46. The molecule has 0 saturated heterocycles. The van der Waals surface area contributed by atoms with Gasteiger partial charge in [0.1, 0.15) is 5.82 Å². The van der Waals surface area contributed by atoms with Gasteiger partial charge in [0.05, 0.1) is 6.61 Å². The first-order valence-corrected chi connectivity index (χ1v) is 4.80. The highest BCUT2D eigenvalue weighted by Crippen LogP contribution is 2.44. The zero-order valence-electron chi connectivity index (χ0n) is 9.26. The summed E-state index contributed by atoms with van der Waals surface area (Å²) >= 11 is 0. The van der Waals surface area contributed by atoms with Gasteiger partial charge in [0.15, 0.2) is 0 Å². The van der Waals surface area contributed by atoms with Crippen molar-refractivity contribution in [3.8, 4) is 0 Å². The number of alkyl halides is 6. The molecule has 0 spiro atoms. The van der Waals surface area contributed by atoms with Crippen molar-refractivity contribution < 1.29 is 35.9 Å². The molecule has 1 heterocycles. The van der Waals surface area contributed by atoms with Crippen molar-refractivity contribution in [2.24, 2.45) is 0 Å².